The number of methoxy groups -OCH3 is 1. The van der Waals surface area contributed by atoms with Gasteiger partial charge in [0, 0.05) is 6.42 Å². The third-order valence-electron chi connectivity index (χ3n) is 4.94. The molecule has 0 aliphatic carbocycles. The Morgan fingerprint density at radius 1 is 0.935 bits per heavy atom. The number of benzene rings is 3. The number of hydrogen-bond donors (Lipinski definition) is 2. The Morgan fingerprint density at radius 2 is 1.55 bits per heavy atom. The molecule has 3 rings (SSSR count). The largest absolute Gasteiger partial charge is 0.497 e. The molecule has 0 fully saturated rings. The summed E-state index contributed by atoms with van der Waals surface area (Å²) in [7, 11) is -2.26. The molecule has 31 heavy (non-hydrogen) atoms. The second-order valence-electron chi connectivity index (χ2n) is 7.13. The van der Waals surface area contributed by atoms with Gasteiger partial charge in [0.15, 0.2) is 0 Å². The molecule has 0 aromatic heterocycles. The smallest absolute Gasteiger partial charge is 0.303 e. The second kappa shape index (κ2) is 10.2. The van der Waals surface area contributed by atoms with E-state index in [0.29, 0.717) is 18.6 Å². The molecule has 0 aliphatic heterocycles. The van der Waals surface area contributed by atoms with Crippen LogP contribution in [0.3, 0.4) is 0 Å². The molecule has 0 saturated carbocycles. The average Bonchev–Trinajstić information content (AvgIpc) is 2.78. The average molecular weight is 440 g/mol. The normalized spacial score (nSPS) is 12.3. The Bertz CT molecular complexity index is 1090. The summed E-state index contributed by atoms with van der Waals surface area (Å²) >= 11 is 0. The highest BCUT2D eigenvalue weighted by molar-refractivity contribution is 7.89. The van der Waals surface area contributed by atoms with Crippen LogP contribution in [0.15, 0.2) is 83.8 Å². The minimum Gasteiger partial charge on any atom is -0.497 e. The minimum atomic E-state index is -3.79. The summed E-state index contributed by atoms with van der Waals surface area (Å²) in [5.74, 6) is -0.231. The molecule has 0 bridgehead atoms. The maximum absolute atomic E-state index is 13.1. The molecule has 0 spiro atoms. The maximum Gasteiger partial charge on any atom is 0.303 e. The SMILES string of the molecule is COc1ccc(S(=O)(=O)NC(c2ccccc2)c2ccc(CCCC(=O)O)cc2)cc1. The highest BCUT2D eigenvalue weighted by Gasteiger charge is 2.23. The van der Waals surface area contributed by atoms with Gasteiger partial charge in [-0.05, 0) is 53.8 Å². The van der Waals surface area contributed by atoms with Crippen LogP contribution in [0.1, 0.15) is 35.6 Å². The molecule has 0 saturated heterocycles. The molecule has 1 atom stereocenters. The van der Waals surface area contributed by atoms with Gasteiger partial charge in [0.25, 0.3) is 0 Å². The summed E-state index contributed by atoms with van der Waals surface area (Å²) in [6.07, 6.45) is 1.33. The number of rotatable bonds is 10. The Balaban J connectivity index is 1.86. The molecule has 3 aromatic carbocycles. The van der Waals surface area contributed by atoms with Gasteiger partial charge in [-0.3, -0.25) is 4.79 Å². The van der Waals surface area contributed by atoms with Gasteiger partial charge in [-0.2, -0.15) is 4.72 Å². The van der Waals surface area contributed by atoms with E-state index in [-0.39, 0.29) is 11.3 Å². The number of nitrogens with one attached hydrogen (secondary N) is 1. The third kappa shape index (κ3) is 6.16. The van der Waals surface area contributed by atoms with E-state index in [1.807, 2.05) is 54.6 Å². The maximum atomic E-state index is 13.1. The summed E-state index contributed by atoms with van der Waals surface area (Å²) in [6, 6.07) is 22.6. The summed E-state index contributed by atoms with van der Waals surface area (Å²) < 4.78 is 34.0. The van der Waals surface area contributed by atoms with Gasteiger partial charge in [-0.15, -0.1) is 0 Å². The lowest BCUT2D eigenvalue weighted by Crippen LogP contribution is -2.29. The van der Waals surface area contributed by atoms with Crippen LogP contribution >= 0.6 is 0 Å². The van der Waals surface area contributed by atoms with Crippen molar-refractivity contribution in [3.05, 3.63) is 95.6 Å². The lowest BCUT2D eigenvalue weighted by atomic mass is 9.97. The molecular formula is C24H25NO5S. The van der Waals surface area contributed by atoms with Crippen LogP contribution in [0, 0.1) is 0 Å². The predicted octanol–water partition coefficient (Wildman–Crippen LogP) is 4.17. The summed E-state index contributed by atoms with van der Waals surface area (Å²) in [6.45, 7) is 0. The first-order valence-electron chi connectivity index (χ1n) is 9.91. The van der Waals surface area contributed by atoms with Crippen molar-refractivity contribution in [1.29, 1.82) is 0 Å². The molecule has 6 nitrogen and oxygen atoms in total. The van der Waals surface area contributed by atoms with Crippen molar-refractivity contribution < 1.29 is 23.1 Å². The van der Waals surface area contributed by atoms with Gasteiger partial charge < -0.3 is 9.84 Å². The standard InChI is InChI=1S/C24H25NO5S/c1-30-21-14-16-22(17-15-21)31(28,29)25-24(19-7-3-2-4-8-19)20-12-10-18(11-13-20)6-5-9-23(26)27/h2-4,7-8,10-17,24-25H,5-6,9H2,1H3,(H,26,27). The van der Waals surface area contributed by atoms with Crippen LogP contribution in [0.25, 0.3) is 0 Å². The first kappa shape index (κ1) is 22.5. The quantitative estimate of drug-likeness (QED) is 0.495. The fourth-order valence-electron chi connectivity index (χ4n) is 3.27. The van der Waals surface area contributed by atoms with Crippen LogP contribution in [0.2, 0.25) is 0 Å². The summed E-state index contributed by atoms with van der Waals surface area (Å²) in [5, 5.41) is 8.79. The van der Waals surface area contributed by atoms with E-state index < -0.39 is 22.0 Å². The number of carboxylic acids is 1. The Kier molecular flexibility index (Phi) is 7.44. The van der Waals surface area contributed by atoms with Gasteiger partial charge >= 0.3 is 5.97 Å². The molecule has 7 heteroatoms. The van der Waals surface area contributed by atoms with E-state index in [9.17, 15) is 13.2 Å². The molecule has 0 amide bonds. The topological polar surface area (TPSA) is 92.7 Å². The number of ether oxygens (including phenoxy) is 1. The summed E-state index contributed by atoms with van der Waals surface area (Å²) in [4.78, 5) is 10.9. The van der Waals surface area contributed by atoms with Crippen molar-refractivity contribution in [3.63, 3.8) is 0 Å². The van der Waals surface area contributed by atoms with E-state index in [1.165, 1.54) is 19.2 Å². The zero-order chi connectivity index (χ0) is 22.3. The van der Waals surface area contributed by atoms with Crippen molar-refractivity contribution in [2.45, 2.75) is 30.2 Å². The van der Waals surface area contributed by atoms with Crippen molar-refractivity contribution >= 4 is 16.0 Å². The number of hydrogen-bond acceptors (Lipinski definition) is 4. The fourth-order valence-corrected chi connectivity index (χ4v) is 4.49. The highest BCUT2D eigenvalue weighted by Crippen LogP contribution is 2.26. The molecule has 0 aliphatic rings. The molecule has 0 heterocycles. The zero-order valence-corrected chi connectivity index (χ0v) is 18.0. The minimum absolute atomic E-state index is 0.121. The molecule has 162 valence electrons. The van der Waals surface area contributed by atoms with Gasteiger partial charge in [-0.1, -0.05) is 54.6 Å². The van der Waals surface area contributed by atoms with Crippen molar-refractivity contribution in [2.75, 3.05) is 7.11 Å². The van der Waals surface area contributed by atoms with E-state index in [4.69, 9.17) is 9.84 Å². The molecule has 3 aromatic rings. The van der Waals surface area contributed by atoms with Crippen LogP contribution in [0.5, 0.6) is 5.75 Å². The third-order valence-corrected chi connectivity index (χ3v) is 6.38. The van der Waals surface area contributed by atoms with Gasteiger partial charge in [0.05, 0.1) is 18.0 Å². The van der Waals surface area contributed by atoms with Gasteiger partial charge in [0.2, 0.25) is 10.0 Å². The predicted molar refractivity (Wildman–Crippen MR) is 119 cm³/mol. The lowest BCUT2D eigenvalue weighted by molar-refractivity contribution is -0.137. The lowest BCUT2D eigenvalue weighted by Gasteiger charge is -2.20. The van der Waals surface area contributed by atoms with Crippen molar-refractivity contribution in [2.24, 2.45) is 0 Å². The number of carbonyl (C=O) groups is 1. The fraction of sp³-hybridized carbons (Fsp3) is 0.208. The van der Waals surface area contributed by atoms with Crippen molar-refractivity contribution in [1.82, 2.24) is 4.72 Å². The van der Waals surface area contributed by atoms with Crippen molar-refractivity contribution in [3.8, 4) is 5.75 Å². The number of carboxylic acid groups (broad SMARTS) is 1. The number of aryl methyl sites for hydroxylation is 1. The first-order valence-corrected chi connectivity index (χ1v) is 11.4. The Morgan fingerprint density at radius 3 is 2.13 bits per heavy atom. The second-order valence-corrected chi connectivity index (χ2v) is 8.84. The van der Waals surface area contributed by atoms with E-state index in [2.05, 4.69) is 4.72 Å². The van der Waals surface area contributed by atoms with Crippen LogP contribution in [-0.2, 0) is 21.2 Å². The first-order chi connectivity index (χ1) is 14.9. The van der Waals surface area contributed by atoms with E-state index in [0.717, 1.165) is 16.7 Å². The molecule has 0 radical (unpaired) electrons. The highest BCUT2D eigenvalue weighted by atomic mass is 32.2. The summed E-state index contributed by atoms with van der Waals surface area (Å²) in [5.41, 5.74) is 2.62. The van der Waals surface area contributed by atoms with Crippen LogP contribution in [0.4, 0.5) is 0 Å². The van der Waals surface area contributed by atoms with E-state index >= 15 is 0 Å². The number of sulfonamides is 1. The monoisotopic (exact) mass is 439 g/mol. The number of aliphatic carboxylic acids is 1. The zero-order valence-electron chi connectivity index (χ0n) is 17.2. The molecule has 1 unspecified atom stereocenters. The molecule has 2 N–H and O–H groups in total. The Hall–Kier alpha value is -3.16. The van der Waals surface area contributed by atoms with E-state index in [1.54, 1.807) is 12.1 Å². The van der Waals surface area contributed by atoms with Crippen LogP contribution in [-0.4, -0.2) is 26.6 Å². The molecular weight excluding hydrogens is 414 g/mol. The van der Waals surface area contributed by atoms with Gasteiger partial charge in [-0.25, -0.2) is 8.42 Å². The van der Waals surface area contributed by atoms with Gasteiger partial charge in [0.1, 0.15) is 5.75 Å². The Labute approximate surface area is 182 Å². The van der Waals surface area contributed by atoms with Crippen LogP contribution < -0.4 is 9.46 Å².